The molecule has 22 heavy (non-hydrogen) atoms. The second-order valence-electron chi connectivity index (χ2n) is 5.33. The molecule has 0 saturated heterocycles. The number of benzene rings is 1. The standard InChI is InChI=1S/C19H21N3/c1-6-8-12-16(14(3)4)18-19(22(5)21-20-18)17-13-10-9-11-15(17)7-2/h1,8-13H,7H2,2-5H3/b12-8-. The first-order valence-electron chi connectivity index (χ1n) is 7.38. The zero-order valence-electron chi connectivity index (χ0n) is 13.6. The van der Waals surface area contributed by atoms with Crippen LogP contribution in [0.25, 0.3) is 16.8 Å². The number of hydrogen-bond donors (Lipinski definition) is 0. The van der Waals surface area contributed by atoms with Gasteiger partial charge in [-0.2, -0.15) is 0 Å². The fourth-order valence-corrected chi connectivity index (χ4v) is 2.51. The van der Waals surface area contributed by atoms with E-state index in [0.29, 0.717) is 0 Å². The number of aryl methyl sites for hydroxylation is 2. The van der Waals surface area contributed by atoms with Crippen molar-refractivity contribution in [1.29, 1.82) is 0 Å². The third kappa shape index (κ3) is 3.01. The smallest absolute Gasteiger partial charge is 0.120 e. The average Bonchev–Trinajstić information content (AvgIpc) is 2.88. The van der Waals surface area contributed by atoms with Crippen molar-refractivity contribution in [3.8, 4) is 23.6 Å². The number of nitrogens with zero attached hydrogens (tertiary/aromatic N) is 3. The monoisotopic (exact) mass is 291 g/mol. The molecule has 0 bridgehead atoms. The molecule has 1 heterocycles. The Kier molecular flexibility index (Phi) is 4.95. The van der Waals surface area contributed by atoms with E-state index in [4.69, 9.17) is 6.42 Å². The van der Waals surface area contributed by atoms with Gasteiger partial charge in [0.1, 0.15) is 5.69 Å². The van der Waals surface area contributed by atoms with E-state index in [9.17, 15) is 0 Å². The zero-order chi connectivity index (χ0) is 16.1. The molecule has 0 amide bonds. The highest BCUT2D eigenvalue weighted by atomic mass is 15.4. The zero-order valence-corrected chi connectivity index (χ0v) is 13.6. The summed E-state index contributed by atoms with van der Waals surface area (Å²) in [5, 5.41) is 8.60. The minimum absolute atomic E-state index is 0.870. The van der Waals surface area contributed by atoms with E-state index in [0.717, 1.165) is 29.0 Å². The third-order valence-corrected chi connectivity index (χ3v) is 3.62. The van der Waals surface area contributed by atoms with E-state index in [2.05, 4.69) is 55.2 Å². The van der Waals surface area contributed by atoms with Crippen LogP contribution in [0.2, 0.25) is 0 Å². The van der Waals surface area contributed by atoms with Gasteiger partial charge in [-0.05, 0) is 38.0 Å². The van der Waals surface area contributed by atoms with Gasteiger partial charge in [0.05, 0.1) is 5.69 Å². The van der Waals surface area contributed by atoms with Crippen molar-refractivity contribution >= 4 is 5.57 Å². The van der Waals surface area contributed by atoms with E-state index in [1.165, 1.54) is 11.1 Å². The molecule has 0 unspecified atom stereocenters. The molecule has 0 aliphatic carbocycles. The first-order valence-corrected chi connectivity index (χ1v) is 7.38. The van der Waals surface area contributed by atoms with E-state index in [1.54, 1.807) is 6.08 Å². The molecule has 0 aliphatic heterocycles. The Morgan fingerprint density at radius 3 is 2.68 bits per heavy atom. The van der Waals surface area contributed by atoms with Crippen LogP contribution in [0.5, 0.6) is 0 Å². The summed E-state index contributed by atoms with van der Waals surface area (Å²) < 4.78 is 1.83. The highest BCUT2D eigenvalue weighted by Crippen LogP contribution is 2.31. The lowest BCUT2D eigenvalue weighted by Gasteiger charge is -2.11. The molecule has 0 N–H and O–H groups in total. The minimum atomic E-state index is 0.870. The normalized spacial score (nSPS) is 10.7. The maximum Gasteiger partial charge on any atom is 0.120 e. The summed E-state index contributed by atoms with van der Waals surface area (Å²) in [4.78, 5) is 0. The Labute approximate surface area is 132 Å². The Morgan fingerprint density at radius 1 is 1.32 bits per heavy atom. The summed E-state index contributed by atoms with van der Waals surface area (Å²) in [5.41, 5.74) is 6.52. The third-order valence-electron chi connectivity index (χ3n) is 3.62. The van der Waals surface area contributed by atoms with Crippen molar-refractivity contribution < 1.29 is 0 Å². The van der Waals surface area contributed by atoms with Crippen LogP contribution in [0.15, 0.2) is 42.0 Å². The van der Waals surface area contributed by atoms with Crippen molar-refractivity contribution in [3.05, 3.63) is 53.2 Å². The molecule has 0 spiro atoms. The van der Waals surface area contributed by atoms with Gasteiger partial charge in [0, 0.05) is 18.2 Å². The largest absolute Gasteiger partial charge is 0.247 e. The van der Waals surface area contributed by atoms with Gasteiger partial charge in [0.15, 0.2) is 0 Å². The van der Waals surface area contributed by atoms with Crippen LogP contribution < -0.4 is 0 Å². The molecule has 1 aromatic carbocycles. The van der Waals surface area contributed by atoms with Crippen LogP contribution in [0.4, 0.5) is 0 Å². The molecule has 2 aromatic rings. The van der Waals surface area contributed by atoms with Crippen LogP contribution >= 0.6 is 0 Å². The summed E-state index contributed by atoms with van der Waals surface area (Å²) in [6.45, 7) is 6.27. The van der Waals surface area contributed by atoms with Crippen LogP contribution in [-0.2, 0) is 13.5 Å². The molecule has 112 valence electrons. The lowest BCUT2D eigenvalue weighted by Crippen LogP contribution is -1.98. The molecule has 0 radical (unpaired) electrons. The van der Waals surface area contributed by atoms with Crippen molar-refractivity contribution in [2.75, 3.05) is 0 Å². The van der Waals surface area contributed by atoms with Crippen molar-refractivity contribution in [1.82, 2.24) is 15.0 Å². The predicted octanol–water partition coefficient (Wildman–Crippen LogP) is 4.03. The lowest BCUT2D eigenvalue weighted by molar-refractivity contribution is 0.719. The van der Waals surface area contributed by atoms with E-state index >= 15 is 0 Å². The summed E-state index contributed by atoms with van der Waals surface area (Å²) in [6.07, 6.45) is 9.95. The highest BCUT2D eigenvalue weighted by molar-refractivity contribution is 5.84. The van der Waals surface area contributed by atoms with Crippen molar-refractivity contribution in [3.63, 3.8) is 0 Å². The van der Waals surface area contributed by atoms with Gasteiger partial charge in [-0.1, -0.05) is 47.9 Å². The molecule has 3 nitrogen and oxygen atoms in total. The van der Waals surface area contributed by atoms with Crippen molar-refractivity contribution in [2.45, 2.75) is 27.2 Å². The average molecular weight is 291 g/mol. The van der Waals surface area contributed by atoms with Crippen molar-refractivity contribution in [2.24, 2.45) is 7.05 Å². The number of rotatable bonds is 4. The number of terminal acetylenes is 1. The lowest BCUT2D eigenvalue weighted by atomic mass is 9.97. The van der Waals surface area contributed by atoms with Crippen LogP contribution in [-0.4, -0.2) is 15.0 Å². The Hall–Kier alpha value is -2.60. The van der Waals surface area contributed by atoms with Gasteiger partial charge in [0.2, 0.25) is 0 Å². The summed E-state index contributed by atoms with van der Waals surface area (Å²) in [7, 11) is 1.92. The Morgan fingerprint density at radius 2 is 2.05 bits per heavy atom. The van der Waals surface area contributed by atoms with E-state index in [1.807, 2.05) is 23.9 Å². The van der Waals surface area contributed by atoms with E-state index in [-0.39, 0.29) is 0 Å². The van der Waals surface area contributed by atoms with Crippen LogP contribution in [0.3, 0.4) is 0 Å². The fraction of sp³-hybridized carbons (Fsp3) is 0.263. The second kappa shape index (κ2) is 6.91. The Balaban J connectivity index is 2.70. The maximum atomic E-state index is 5.35. The molecule has 0 fully saturated rings. The minimum Gasteiger partial charge on any atom is -0.247 e. The predicted molar refractivity (Wildman–Crippen MR) is 92.1 cm³/mol. The van der Waals surface area contributed by atoms with E-state index < -0.39 is 0 Å². The first kappa shape index (κ1) is 15.8. The Bertz CT molecular complexity index is 766. The quantitative estimate of drug-likeness (QED) is 0.629. The molecule has 1 aromatic heterocycles. The molecule has 0 atom stereocenters. The van der Waals surface area contributed by atoms with Crippen LogP contribution in [0, 0.1) is 12.3 Å². The first-order chi connectivity index (χ1) is 10.6. The van der Waals surface area contributed by atoms with Gasteiger partial charge in [-0.15, -0.1) is 11.5 Å². The fourth-order valence-electron chi connectivity index (χ4n) is 2.51. The highest BCUT2D eigenvalue weighted by Gasteiger charge is 2.18. The van der Waals surface area contributed by atoms with Gasteiger partial charge in [-0.3, -0.25) is 0 Å². The number of hydrogen-bond acceptors (Lipinski definition) is 2. The van der Waals surface area contributed by atoms with Gasteiger partial charge in [0.25, 0.3) is 0 Å². The summed E-state index contributed by atoms with van der Waals surface area (Å²) in [6, 6.07) is 8.37. The summed E-state index contributed by atoms with van der Waals surface area (Å²) in [5.74, 6) is 2.54. The SMILES string of the molecule is C#C/C=C\C(=C(C)C)c1nnn(C)c1-c1ccccc1CC. The molecule has 2 rings (SSSR count). The second-order valence-corrected chi connectivity index (χ2v) is 5.33. The molecule has 0 saturated carbocycles. The molecular formula is C19H21N3. The maximum absolute atomic E-state index is 5.35. The molecular weight excluding hydrogens is 270 g/mol. The van der Waals surface area contributed by atoms with Crippen LogP contribution in [0.1, 0.15) is 32.0 Å². The van der Waals surface area contributed by atoms with Gasteiger partial charge >= 0.3 is 0 Å². The number of allylic oxidation sites excluding steroid dienone is 4. The van der Waals surface area contributed by atoms with Gasteiger partial charge < -0.3 is 0 Å². The molecule has 3 heteroatoms. The molecule has 0 aliphatic rings. The van der Waals surface area contributed by atoms with Gasteiger partial charge in [-0.25, -0.2) is 4.68 Å². The summed E-state index contributed by atoms with van der Waals surface area (Å²) >= 11 is 0. The topological polar surface area (TPSA) is 30.7 Å². The number of aromatic nitrogens is 3.